The van der Waals surface area contributed by atoms with E-state index in [1.807, 2.05) is 13.8 Å². The van der Waals surface area contributed by atoms with Gasteiger partial charge in [-0.25, -0.2) is 0 Å². The highest BCUT2D eigenvalue weighted by Gasteiger charge is 2.11. The number of aliphatic carboxylic acids is 1. The summed E-state index contributed by atoms with van der Waals surface area (Å²) in [6.45, 7) is 4.03. The first kappa shape index (κ1) is 9.78. The van der Waals surface area contributed by atoms with Crippen molar-refractivity contribution in [3.05, 3.63) is 0 Å². The van der Waals surface area contributed by atoms with Gasteiger partial charge in [-0.1, -0.05) is 13.8 Å². The molecule has 0 heterocycles. The van der Waals surface area contributed by atoms with Gasteiger partial charge < -0.3 is 10.8 Å². The number of rotatable bonds is 4. The summed E-state index contributed by atoms with van der Waals surface area (Å²) in [7, 11) is 0. The second-order valence-electron chi connectivity index (χ2n) is 2.33. The van der Waals surface area contributed by atoms with Crippen molar-refractivity contribution in [3.8, 4) is 0 Å². The fraction of sp³-hybridized carbons (Fsp3) is 0.833. The molecule has 0 saturated heterocycles. The second kappa shape index (κ2) is 4.57. The van der Waals surface area contributed by atoms with Gasteiger partial charge in [0.2, 0.25) is 0 Å². The van der Waals surface area contributed by atoms with Crippen molar-refractivity contribution >= 4 is 17.7 Å². The molecule has 1 atom stereocenters. The van der Waals surface area contributed by atoms with Crippen LogP contribution in [-0.4, -0.2) is 28.1 Å². The van der Waals surface area contributed by atoms with E-state index in [0.29, 0.717) is 11.0 Å². The Kier molecular flexibility index (Phi) is 4.47. The molecule has 0 aliphatic heterocycles. The first-order chi connectivity index (χ1) is 4.54. The lowest BCUT2D eigenvalue weighted by Gasteiger charge is -2.07. The monoisotopic (exact) mass is 163 g/mol. The quantitative estimate of drug-likeness (QED) is 0.635. The van der Waals surface area contributed by atoms with Crippen molar-refractivity contribution in [2.24, 2.45) is 5.73 Å². The van der Waals surface area contributed by atoms with Crippen molar-refractivity contribution in [2.45, 2.75) is 25.1 Å². The molecule has 0 bridgehead atoms. The third kappa shape index (κ3) is 4.64. The largest absolute Gasteiger partial charge is 0.480 e. The van der Waals surface area contributed by atoms with Crippen LogP contribution in [0.1, 0.15) is 13.8 Å². The van der Waals surface area contributed by atoms with Gasteiger partial charge in [-0.15, -0.1) is 0 Å². The topological polar surface area (TPSA) is 63.3 Å². The number of hydrogen-bond acceptors (Lipinski definition) is 3. The van der Waals surface area contributed by atoms with E-state index in [4.69, 9.17) is 10.8 Å². The highest BCUT2D eigenvalue weighted by molar-refractivity contribution is 7.99. The SMILES string of the molecule is CC(C)SC[C@@H](N)C(=O)O. The minimum atomic E-state index is -0.923. The zero-order valence-corrected chi connectivity index (χ0v) is 7.02. The Bertz CT molecular complexity index is 116. The van der Waals surface area contributed by atoms with Crippen LogP contribution in [0.5, 0.6) is 0 Å². The lowest BCUT2D eigenvalue weighted by atomic mass is 10.4. The number of carboxylic acid groups (broad SMARTS) is 1. The first-order valence-electron chi connectivity index (χ1n) is 3.14. The molecule has 0 aliphatic carbocycles. The third-order valence-electron chi connectivity index (χ3n) is 0.926. The summed E-state index contributed by atoms with van der Waals surface area (Å²) in [4.78, 5) is 10.2. The lowest BCUT2D eigenvalue weighted by Crippen LogP contribution is -2.32. The number of carbonyl (C=O) groups is 1. The van der Waals surface area contributed by atoms with Gasteiger partial charge in [0.05, 0.1) is 0 Å². The maximum absolute atomic E-state index is 10.2. The standard InChI is InChI=1S/C6H13NO2S/c1-4(2)10-3-5(7)6(8)9/h4-5H,3,7H2,1-2H3,(H,8,9)/t5-/m1/s1. The van der Waals surface area contributed by atoms with Crippen LogP contribution in [-0.2, 0) is 4.79 Å². The minimum absolute atomic E-state index is 0.449. The Morgan fingerprint density at radius 3 is 2.50 bits per heavy atom. The normalized spacial score (nSPS) is 13.6. The van der Waals surface area contributed by atoms with Gasteiger partial charge in [0.1, 0.15) is 6.04 Å². The molecule has 0 saturated carbocycles. The molecule has 0 fully saturated rings. The first-order valence-corrected chi connectivity index (χ1v) is 4.19. The molecule has 0 aromatic heterocycles. The van der Waals surface area contributed by atoms with Gasteiger partial charge in [0.25, 0.3) is 0 Å². The van der Waals surface area contributed by atoms with E-state index in [1.54, 1.807) is 11.8 Å². The van der Waals surface area contributed by atoms with E-state index in [2.05, 4.69) is 0 Å². The Labute approximate surface area is 65.0 Å². The average molecular weight is 163 g/mol. The molecule has 0 spiro atoms. The van der Waals surface area contributed by atoms with Gasteiger partial charge in [0.15, 0.2) is 0 Å². The van der Waals surface area contributed by atoms with Crippen molar-refractivity contribution < 1.29 is 9.90 Å². The maximum Gasteiger partial charge on any atom is 0.321 e. The van der Waals surface area contributed by atoms with Crippen LogP contribution >= 0.6 is 11.8 Å². The summed E-state index contributed by atoms with van der Waals surface area (Å²) in [6, 6.07) is -0.715. The predicted octanol–water partition coefficient (Wildman–Crippen LogP) is 0.540. The highest BCUT2D eigenvalue weighted by Crippen LogP contribution is 2.09. The summed E-state index contributed by atoms with van der Waals surface area (Å²) < 4.78 is 0. The third-order valence-corrected chi connectivity index (χ3v) is 2.14. The molecular formula is C6H13NO2S. The van der Waals surface area contributed by atoms with E-state index in [1.165, 1.54) is 0 Å². The molecule has 4 heteroatoms. The van der Waals surface area contributed by atoms with Gasteiger partial charge >= 0.3 is 5.97 Å². The van der Waals surface area contributed by atoms with Crippen molar-refractivity contribution in [3.63, 3.8) is 0 Å². The maximum atomic E-state index is 10.2. The summed E-state index contributed by atoms with van der Waals surface area (Å²) in [6.07, 6.45) is 0. The van der Waals surface area contributed by atoms with E-state index in [9.17, 15) is 4.79 Å². The molecule has 0 unspecified atom stereocenters. The van der Waals surface area contributed by atoms with Crippen LogP contribution < -0.4 is 5.73 Å². The van der Waals surface area contributed by atoms with E-state index in [0.717, 1.165) is 0 Å². The molecule has 0 aliphatic rings. The predicted molar refractivity (Wildman–Crippen MR) is 43.2 cm³/mol. The van der Waals surface area contributed by atoms with Crippen molar-refractivity contribution in [1.29, 1.82) is 0 Å². The van der Waals surface area contributed by atoms with Crippen LogP contribution in [0.3, 0.4) is 0 Å². The van der Waals surface area contributed by atoms with E-state index >= 15 is 0 Å². The van der Waals surface area contributed by atoms with Crippen molar-refractivity contribution in [1.82, 2.24) is 0 Å². The van der Waals surface area contributed by atoms with Gasteiger partial charge in [-0.05, 0) is 5.25 Å². The minimum Gasteiger partial charge on any atom is -0.480 e. The number of nitrogens with two attached hydrogens (primary N) is 1. The van der Waals surface area contributed by atoms with Gasteiger partial charge in [0, 0.05) is 5.75 Å². The molecule has 0 amide bonds. The molecule has 3 nitrogen and oxygen atoms in total. The summed E-state index contributed by atoms with van der Waals surface area (Å²) >= 11 is 1.56. The molecule has 0 rings (SSSR count). The highest BCUT2D eigenvalue weighted by atomic mass is 32.2. The fourth-order valence-corrected chi connectivity index (χ4v) is 1.10. The van der Waals surface area contributed by atoms with Gasteiger partial charge in [-0.3, -0.25) is 4.79 Å². The Morgan fingerprint density at radius 2 is 2.20 bits per heavy atom. The molecule has 60 valence electrons. The van der Waals surface area contributed by atoms with Crippen LogP contribution in [0.4, 0.5) is 0 Å². The zero-order chi connectivity index (χ0) is 8.15. The van der Waals surface area contributed by atoms with Crippen LogP contribution in [0.25, 0.3) is 0 Å². The Morgan fingerprint density at radius 1 is 1.70 bits per heavy atom. The number of hydrogen-bond donors (Lipinski definition) is 2. The van der Waals surface area contributed by atoms with Crippen LogP contribution in [0.2, 0.25) is 0 Å². The van der Waals surface area contributed by atoms with Crippen molar-refractivity contribution in [2.75, 3.05) is 5.75 Å². The Hall–Kier alpha value is -0.220. The molecule has 3 N–H and O–H groups in total. The molecule has 0 aromatic carbocycles. The average Bonchev–Trinajstić information content (AvgIpc) is 1.82. The molecule has 0 radical (unpaired) electrons. The number of carboxylic acids is 1. The number of thioether (sulfide) groups is 1. The Balaban J connectivity index is 3.40. The summed E-state index contributed by atoms with van der Waals surface area (Å²) in [5.74, 6) is -0.430. The lowest BCUT2D eigenvalue weighted by molar-refractivity contribution is -0.137. The zero-order valence-electron chi connectivity index (χ0n) is 6.20. The van der Waals surface area contributed by atoms with Gasteiger partial charge in [-0.2, -0.15) is 11.8 Å². The summed E-state index contributed by atoms with van der Waals surface area (Å²) in [5, 5.41) is 8.81. The van der Waals surface area contributed by atoms with E-state index in [-0.39, 0.29) is 0 Å². The molecule has 10 heavy (non-hydrogen) atoms. The molecule has 0 aromatic rings. The van der Waals surface area contributed by atoms with Crippen LogP contribution in [0, 0.1) is 0 Å². The molecular weight excluding hydrogens is 150 g/mol. The fourth-order valence-electron chi connectivity index (χ4n) is 0.367. The van der Waals surface area contributed by atoms with E-state index < -0.39 is 12.0 Å². The second-order valence-corrected chi connectivity index (χ2v) is 3.94. The summed E-state index contributed by atoms with van der Waals surface area (Å²) in [5.41, 5.74) is 5.24. The van der Waals surface area contributed by atoms with Crippen LogP contribution in [0.15, 0.2) is 0 Å². The smallest absolute Gasteiger partial charge is 0.321 e.